The van der Waals surface area contributed by atoms with Gasteiger partial charge in [-0.2, -0.15) is 0 Å². The van der Waals surface area contributed by atoms with Gasteiger partial charge in [0.05, 0.1) is 0 Å². The van der Waals surface area contributed by atoms with E-state index >= 15 is 0 Å². The van der Waals surface area contributed by atoms with Crippen molar-refractivity contribution in [2.24, 2.45) is 11.7 Å². The lowest BCUT2D eigenvalue weighted by atomic mass is 10.0. The average molecular weight is 248 g/mol. The maximum absolute atomic E-state index is 6.24. The van der Waals surface area contributed by atoms with Gasteiger partial charge in [-0.15, -0.1) is 0 Å². The van der Waals surface area contributed by atoms with E-state index in [-0.39, 0.29) is 6.04 Å². The first kappa shape index (κ1) is 13.4. The molecule has 18 heavy (non-hydrogen) atoms. The monoisotopic (exact) mass is 248 g/mol. The summed E-state index contributed by atoms with van der Waals surface area (Å²) in [6.45, 7) is 7.38. The molecule has 1 fully saturated rings. The van der Waals surface area contributed by atoms with Crippen LogP contribution in [0.1, 0.15) is 20.3 Å². The van der Waals surface area contributed by atoms with Gasteiger partial charge in [-0.1, -0.05) is 18.2 Å². The van der Waals surface area contributed by atoms with Crippen molar-refractivity contribution in [1.82, 2.24) is 4.90 Å². The number of ether oxygens (including phenoxy) is 1. The van der Waals surface area contributed by atoms with Crippen molar-refractivity contribution in [2.45, 2.75) is 32.4 Å². The second-order valence-corrected chi connectivity index (χ2v) is 5.43. The third-order valence-corrected chi connectivity index (χ3v) is 3.78. The smallest absolute Gasteiger partial charge is 0.119 e. The standard InChI is InChI=1S/C15H24N2O/c1-12(2)17-9-8-13(10-17)15(16)11-18-14-6-4-3-5-7-14/h3-7,12-13,15H,8-11,16H2,1-2H3. The highest BCUT2D eigenvalue weighted by atomic mass is 16.5. The minimum atomic E-state index is 0.133. The van der Waals surface area contributed by atoms with E-state index in [0.29, 0.717) is 18.6 Å². The van der Waals surface area contributed by atoms with E-state index in [4.69, 9.17) is 10.5 Å². The van der Waals surface area contributed by atoms with Gasteiger partial charge in [0.25, 0.3) is 0 Å². The predicted octanol–water partition coefficient (Wildman–Crippen LogP) is 2.12. The van der Waals surface area contributed by atoms with Crippen LogP contribution in [0.3, 0.4) is 0 Å². The average Bonchev–Trinajstić information content (AvgIpc) is 2.87. The van der Waals surface area contributed by atoms with Crippen molar-refractivity contribution >= 4 is 0 Å². The Bertz CT molecular complexity index is 353. The molecule has 1 aliphatic heterocycles. The molecule has 0 amide bonds. The second kappa shape index (κ2) is 6.21. The van der Waals surface area contributed by atoms with Gasteiger partial charge in [-0.3, -0.25) is 0 Å². The molecular weight excluding hydrogens is 224 g/mol. The van der Waals surface area contributed by atoms with Crippen molar-refractivity contribution in [2.75, 3.05) is 19.7 Å². The van der Waals surface area contributed by atoms with Crippen LogP contribution in [-0.2, 0) is 0 Å². The van der Waals surface area contributed by atoms with E-state index in [1.807, 2.05) is 30.3 Å². The number of hydrogen-bond donors (Lipinski definition) is 1. The first-order valence-corrected chi connectivity index (χ1v) is 6.84. The second-order valence-electron chi connectivity index (χ2n) is 5.43. The molecular formula is C15H24N2O. The van der Waals surface area contributed by atoms with Crippen LogP contribution < -0.4 is 10.5 Å². The summed E-state index contributed by atoms with van der Waals surface area (Å²) < 4.78 is 5.73. The van der Waals surface area contributed by atoms with Crippen LogP contribution in [0, 0.1) is 5.92 Å². The Morgan fingerprint density at radius 3 is 2.67 bits per heavy atom. The zero-order chi connectivity index (χ0) is 13.0. The Morgan fingerprint density at radius 1 is 1.33 bits per heavy atom. The van der Waals surface area contributed by atoms with E-state index in [1.54, 1.807) is 0 Å². The Morgan fingerprint density at radius 2 is 2.06 bits per heavy atom. The summed E-state index contributed by atoms with van der Waals surface area (Å²) in [5, 5.41) is 0. The van der Waals surface area contributed by atoms with Crippen molar-refractivity contribution in [3.63, 3.8) is 0 Å². The molecule has 2 atom stereocenters. The molecule has 1 aromatic carbocycles. The number of likely N-dealkylation sites (tertiary alicyclic amines) is 1. The van der Waals surface area contributed by atoms with E-state index in [1.165, 1.54) is 13.0 Å². The molecule has 1 aromatic rings. The van der Waals surface area contributed by atoms with Crippen LogP contribution in [0.5, 0.6) is 5.75 Å². The number of rotatable bonds is 5. The maximum atomic E-state index is 6.24. The topological polar surface area (TPSA) is 38.5 Å². The lowest BCUT2D eigenvalue weighted by molar-refractivity contribution is 0.225. The molecule has 3 heteroatoms. The highest BCUT2D eigenvalue weighted by Gasteiger charge is 2.28. The summed E-state index contributed by atoms with van der Waals surface area (Å²) >= 11 is 0. The number of benzene rings is 1. The predicted molar refractivity (Wildman–Crippen MR) is 74.7 cm³/mol. The summed E-state index contributed by atoms with van der Waals surface area (Å²) in [5.41, 5.74) is 6.24. The molecule has 0 saturated carbocycles. The lowest BCUT2D eigenvalue weighted by Crippen LogP contribution is -2.38. The molecule has 3 nitrogen and oxygen atoms in total. The van der Waals surface area contributed by atoms with E-state index in [0.717, 1.165) is 12.3 Å². The molecule has 0 spiro atoms. The normalized spacial score (nSPS) is 22.3. The Hall–Kier alpha value is -1.06. The third kappa shape index (κ3) is 3.47. The maximum Gasteiger partial charge on any atom is 0.119 e. The van der Waals surface area contributed by atoms with Gasteiger partial charge in [0.1, 0.15) is 12.4 Å². The van der Waals surface area contributed by atoms with Crippen molar-refractivity contribution in [3.05, 3.63) is 30.3 Å². The van der Waals surface area contributed by atoms with Crippen molar-refractivity contribution < 1.29 is 4.74 Å². The van der Waals surface area contributed by atoms with E-state index in [2.05, 4.69) is 18.7 Å². The molecule has 2 unspecified atom stereocenters. The Balaban J connectivity index is 1.77. The summed E-state index contributed by atoms with van der Waals surface area (Å²) in [5.74, 6) is 1.47. The van der Waals surface area contributed by atoms with E-state index in [9.17, 15) is 0 Å². The minimum absolute atomic E-state index is 0.133. The summed E-state index contributed by atoms with van der Waals surface area (Å²) in [4.78, 5) is 2.49. The summed E-state index contributed by atoms with van der Waals surface area (Å²) in [6.07, 6.45) is 1.19. The molecule has 0 radical (unpaired) electrons. The highest BCUT2D eigenvalue weighted by molar-refractivity contribution is 5.20. The molecule has 1 aliphatic rings. The van der Waals surface area contributed by atoms with Crippen LogP contribution in [0.15, 0.2) is 30.3 Å². The quantitative estimate of drug-likeness (QED) is 0.867. The Labute approximate surface area is 110 Å². The molecule has 0 bridgehead atoms. The molecule has 1 saturated heterocycles. The zero-order valence-electron chi connectivity index (χ0n) is 11.4. The van der Waals surface area contributed by atoms with Crippen LogP contribution in [-0.4, -0.2) is 36.7 Å². The third-order valence-electron chi connectivity index (χ3n) is 3.78. The molecule has 2 rings (SSSR count). The van der Waals surface area contributed by atoms with E-state index < -0.39 is 0 Å². The van der Waals surface area contributed by atoms with Gasteiger partial charge in [0.2, 0.25) is 0 Å². The largest absolute Gasteiger partial charge is 0.492 e. The Kier molecular flexibility index (Phi) is 4.61. The molecule has 2 N–H and O–H groups in total. The number of para-hydroxylation sites is 1. The first-order chi connectivity index (χ1) is 8.66. The van der Waals surface area contributed by atoms with Gasteiger partial charge in [-0.05, 0) is 44.9 Å². The van der Waals surface area contributed by atoms with Gasteiger partial charge >= 0.3 is 0 Å². The van der Waals surface area contributed by atoms with Crippen molar-refractivity contribution in [3.8, 4) is 5.75 Å². The van der Waals surface area contributed by atoms with Crippen LogP contribution >= 0.6 is 0 Å². The zero-order valence-corrected chi connectivity index (χ0v) is 11.4. The molecule has 0 aliphatic carbocycles. The number of nitrogens with zero attached hydrogens (tertiary/aromatic N) is 1. The number of hydrogen-bond acceptors (Lipinski definition) is 3. The van der Waals surface area contributed by atoms with Gasteiger partial charge in [0.15, 0.2) is 0 Å². The molecule has 1 heterocycles. The van der Waals surface area contributed by atoms with Gasteiger partial charge in [-0.25, -0.2) is 0 Å². The van der Waals surface area contributed by atoms with Gasteiger partial charge < -0.3 is 15.4 Å². The van der Waals surface area contributed by atoms with Crippen LogP contribution in [0.25, 0.3) is 0 Å². The summed E-state index contributed by atoms with van der Waals surface area (Å²) in [6, 6.07) is 10.7. The first-order valence-electron chi connectivity index (χ1n) is 6.84. The van der Waals surface area contributed by atoms with Crippen LogP contribution in [0.2, 0.25) is 0 Å². The summed E-state index contributed by atoms with van der Waals surface area (Å²) in [7, 11) is 0. The highest BCUT2D eigenvalue weighted by Crippen LogP contribution is 2.21. The van der Waals surface area contributed by atoms with Crippen LogP contribution in [0.4, 0.5) is 0 Å². The fourth-order valence-corrected chi connectivity index (χ4v) is 2.48. The fourth-order valence-electron chi connectivity index (χ4n) is 2.48. The number of nitrogens with two attached hydrogens (primary N) is 1. The lowest BCUT2D eigenvalue weighted by Gasteiger charge is -2.23. The van der Waals surface area contributed by atoms with Crippen molar-refractivity contribution in [1.29, 1.82) is 0 Å². The SMILES string of the molecule is CC(C)N1CCC(C(N)COc2ccccc2)C1. The molecule has 0 aromatic heterocycles. The molecule has 100 valence electrons. The fraction of sp³-hybridized carbons (Fsp3) is 0.600. The van der Waals surface area contributed by atoms with Gasteiger partial charge in [0, 0.05) is 18.6 Å². The minimum Gasteiger partial charge on any atom is -0.492 e.